The van der Waals surface area contributed by atoms with E-state index in [1.807, 2.05) is 0 Å². The molecule has 1 aliphatic carbocycles. The Morgan fingerprint density at radius 3 is 1.82 bits per heavy atom. The Hall–Kier alpha value is -0.490. The predicted octanol–water partition coefficient (Wildman–Crippen LogP) is 3.60. The molecular formula is C12H14F8INO5S. The lowest BCUT2D eigenvalue weighted by molar-refractivity contribution is -0.438. The Kier molecular flexibility index (Phi) is 7.28. The third-order valence-corrected chi connectivity index (χ3v) is 6.08. The highest BCUT2D eigenvalue weighted by atomic mass is 127. The second-order valence-corrected chi connectivity index (χ2v) is 8.97. The Morgan fingerprint density at radius 2 is 1.43 bits per heavy atom. The maximum Gasteiger partial charge on any atom is 0.448 e. The van der Waals surface area contributed by atoms with Gasteiger partial charge in [-0.3, -0.25) is 4.79 Å². The molecule has 0 aromatic carbocycles. The number of carbonyl (C=O) groups is 1. The van der Waals surface area contributed by atoms with E-state index in [9.17, 15) is 48.3 Å². The van der Waals surface area contributed by atoms with E-state index in [-0.39, 0.29) is 35.4 Å². The summed E-state index contributed by atoms with van der Waals surface area (Å²) in [7, 11) is -5.80. The fourth-order valence-electron chi connectivity index (χ4n) is 2.45. The van der Waals surface area contributed by atoms with Gasteiger partial charge in [0.25, 0.3) is 10.0 Å². The average molecular weight is 563 g/mol. The van der Waals surface area contributed by atoms with Crippen LogP contribution < -0.4 is 4.72 Å². The number of nitrogens with one attached hydrogen (secondary N) is 1. The van der Waals surface area contributed by atoms with Crippen molar-refractivity contribution in [1.29, 1.82) is 0 Å². The van der Waals surface area contributed by atoms with Crippen molar-refractivity contribution in [2.24, 2.45) is 0 Å². The van der Waals surface area contributed by atoms with Crippen LogP contribution in [0.2, 0.25) is 0 Å². The predicted molar refractivity (Wildman–Crippen MR) is 84.8 cm³/mol. The van der Waals surface area contributed by atoms with Crippen molar-refractivity contribution in [2.75, 3.05) is 7.11 Å². The third kappa shape index (κ3) is 4.80. The highest BCUT2D eigenvalue weighted by Crippen LogP contribution is 2.49. The maximum absolute atomic E-state index is 13.9. The smallest absolute Gasteiger partial charge is 0.448 e. The van der Waals surface area contributed by atoms with Crippen molar-refractivity contribution >= 4 is 38.6 Å². The topological polar surface area (TPSA) is 81.7 Å². The van der Waals surface area contributed by atoms with Gasteiger partial charge in [-0.15, -0.1) is 0 Å². The van der Waals surface area contributed by atoms with Gasteiger partial charge in [-0.05, 0) is 12.8 Å². The SMILES string of the molecule is COC(=O)C1(NS(=O)(=O)C(F)(F)C(F)(F)OC(F)(F)C(F)(F)I)CCCCC1. The molecule has 0 aromatic heterocycles. The molecule has 6 nitrogen and oxygen atoms in total. The summed E-state index contributed by atoms with van der Waals surface area (Å²) >= 11 is -0.344. The minimum atomic E-state index is -6.59. The molecule has 0 radical (unpaired) electrons. The molecule has 1 aliphatic rings. The van der Waals surface area contributed by atoms with Crippen molar-refractivity contribution in [1.82, 2.24) is 4.72 Å². The van der Waals surface area contributed by atoms with Crippen LogP contribution in [0.5, 0.6) is 0 Å². The molecule has 28 heavy (non-hydrogen) atoms. The zero-order chi connectivity index (χ0) is 22.2. The van der Waals surface area contributed by atoms with E-state index in [2.05, 4.69) is 9.47 Å². The molecule has 1 N–H and O–H groups in total. The lowest BCUT2D eigenvalue weighted by Crippen LogP contribution is -2.63. The molecule has 16 heteroatoms. The standard InChI is InChI=1S/C12H14F8INO5S/c1-26-7(23)8(5-3-2-4-6-8)22-28(24,25)12(19,20)11(17,18)27-10(15,16)9(13,14)21/h22H,2-6H2,1H3. The van der Waals surface area contributed by atoms with Crippen LogP contribution in [0.25, 0.3) is 0 Å². The lowest BCUT2D eigenvalue weighted by atomic mass is 9.83. The molecule has 0 unspecified atom stereocenters. The van der Waals surface area contributed by atoms with Gasteiger partial charge in [-0.25, -0.2) is 13.2 Å². The summed E-state index contributed by atoms with van der Waals surface area (Å²) in [6, 6.07) is 0. The molecule has 0 aromatic rings. The number of sulfonamides is 1. The molecule has 0 heterocycles. The normalized spacial score (nSPS) is 19.4. The molecule has 0 saturated heterocycles. The monoisotopic (exact) mass is 563 g/mol. The fourth-order valence-corrected chi connectivity index (χ4v) is 3.85. The first-order valence-electron chi connectivity index (χ1n) is 7.37. The molecule has 0 aliphatic heterocycles. The lowest BCUT2D eigenvalue weighted by Gasteiger charge is -2.37. The van der Waals surface area contributed by atoms with E-state index in [0.29, 0.717) is 6.42 Å². The number of methoxy groups -OCH3 is 1. The van der Waals surface area contributed by atoms with Crippen LogP contribution in [0, 0.1) is 0 Å². The average Bonchev–Trinajstić information content (AvgIpc) is 2.52. The highest BCUT2D eigenvalue weighted by Gasteiger charge is 2.74. The second kappa shape index (κ2) is 7.98. The van der Waals surface area contributed by atoms with E-state index >= 15 is 0 Å². The molecule has 0 atom stereocenters. The van der Waals surface area contributed by atoms with Crippen LogP contribution in [-0.4, -0.2) is 48.4 Å². The van der Waals surface area contributed by atoms with Crippen LogP contribution in [0.15, 0.2) is 0 Å². The van der Waals surface area contributed by atoms with Crippen molar-refractivity contribution < 1.29 is 57.8 Å². The molecule has 0 spiro atoms. The minimum absolute atomic E-state index is 0.134. The number of hydrogen-bond acceptors (Lipinski definition) is 5. The maximum atomic E-state index is 13.9. The largest absolute Gasteiger partial charge is 0.468 e. The van der Waals surface area contributed by atoms with E-state index in [4.69, 9.17) is 0 Å². The van der Waals surface area contributed by atoms with Gasteiger partial charge >= 0.3 is 27.4 Å². The van der Waals surface area contributed by atoms with Crippen molar-refractivity contribution in [3.63, 3.8) is 0 Å². The number of alkyl halides is 9. The molecule has 1 fully saturated rings. The summed E-state index contributed by atoms with van der Waals surface area (Å²) in [6.07, 6.45) is -12.8. The van der Waals surface area contributed by atoms with Gasteiger partial charge in [0.15, 0.2) is 0 Å². The van der Waals surface area contributed by atoms with Crippen LogP contribution in [-0.2, 0) is 24.3 Å². The summed E-state index contributed by atoms with van der Waals surface area (Å²) < 4.78 is 132. The fraction of sp³-hybridized carbons (Fsp3) is 0.917. The van der Waals surface area contributed by atoms with Gasteiger partial charge in [0.05, 0.1) is 7.11 Å². The quantitative estimate of drug-likeness (QED) is 0.211. The highest BCUT2D eigenvalue weighted by molar-refractivity contribution is 14.1. The zero-order valence-corrected chi connectivity index (χ0v) is 16.9. The van der Waals surface area contributed by atoms with E-state index in [1.165, 1.54) is 0 Å². The second-order valence-electron chi connectivity index (χ2n) is 5.89. The van der Waals surface area contributed by atoms with Crippen LogP contribution in [0.4, 0.5) is 35.1 Å². The minimum Gasteiger partial charge on any atom is -0.468 e. The number of halogens is 9. The molecular weight excluding hydrogens is 549 g/mol. The van der Waals surface area contributed by atoms with Crippen LogP contribution in [0.3, 0.4) is 0 Å². The first-order valence-corrected chi connectivity index (χ1v) is 9.94. The van der Waals surface area contributed by atoms with Crippen molar-refractivity contribution in [3.05, 3.63) is 0 Å². The Morgan fingerprint density at radius 1 is 0.964 bits per heavy atom. The molecule has 166 valence electrons. The van der Waals surface area contributed by atoms with Crippen LogP contribution in [0.1, 0.15) is 32.1 Å². The Labute approximate surface area is 167 Å². The van der Waals surface area contributed by atoms with Crippen LogP contribution >= 0.6 is 22.6 Å². The van der Waals surface area contributed by atoms with Crippen molar-refractivity contribution in [2.45, 2.75) is 59.0 Å². The zero-order valence-electron chi connectivity index (χ0n) is 13.9. The first-order chi connectivity index (χ1) is 12.4. The summed E-state index contributed by atoms with van der Waals surface area (Å²) in [4.78, 5) is 11.9. The number of carbonyl (C=O) groups excluding carboxylic acids is 1. The molecule has 1 rings (SSSR count). The number of ether oxygens (including phenoxy) is 2. The summed E-state index contributed by atoms with van der Waals surface area (Å²) in [6.45, 7) is 0. The van der Waals surface area contributed by atoms with E-state index < -0.39 is 55.8 Å². The summed E-state index contributed by atoms with van der Waals surface area (Å²) in [5.74, 6) is -1.36. The van der Waals surface area contributed by atoms with Gasteiger partial charge in [-0.1, -0.05) is 19.3 Å². The van der Waals surface area contributed by atoms with Gasteiger partial charge in [-0.2, -0.15) is 39.8 Å². The number of esters is 1. The Bertz CT molecular complexity index is 691. The molecule has 0 bridgehead atoms. The summed E-state index contributed by atoms with van der Waals surface area (Å²) in [5, 5.41) is -6.44. The Balaban J connectivity index is 3.27. The van der Waals surface area contributed by atoms with Gasteiger partial charge in [0.1, 0.15) is 5.54 Å². The molecule has 1 saturated carbocycles. The number of hydrogen-bond donors (Lipinski definition) is 1. The molecule has 0 amide bonds. The van der Waals surface area contributed by atoms with E-state index in [0.717, 1.165) is 11.8 Å². The first kappa shape index (κ1) is 25.5. The van der Waals surface area contributed by atoms with Gasteiger partial charge in [0, 0.05) is 22.6 Å². The van der Waals surface area contributed by atoms with Gasteiger partial charge in [0.2, 0.25) is 0 Å². The van der Waals surface area contributed by atoms with Gasteiger partial charge < -0.3 is 4.74 Å². The summed E-state index contributed by atoms with van der Waals surface area (Å²) in [5.41, 5.74) is -2.35. The van der Waals surface area contributed by atoms with Crippen molar-refractivity contribution in [3.8, 4) is 0 Å². The number of rotatable bonds is 8. The third-order valence-electron chi connectivity index (χ3n) is 3.88. The van der Waals surface area contributed by atoms with E-state index in [1.54, 1.807) is 0 Å².